The molecule has 2 aliphatic carbocycles. The third-order valence-corrected chi connectivity index (χ3v) is 10.2. The van der Waals surface area contributed by atoms with Gasteiger partial charge >= 0.3 is 0 Å². The summed E-state index contributed by atoms with van der Waals surface area (Å²) >= 11 is 0. The van der Waals surface area contributed by atoms with E-state index in [4.69, 9.17) is 0 Å². The van der Waals surface area contributed by atoms with Crippen molar-refractivity contribution >= 4 is 27.7 Å². The first kappa shape index (κ1) is 25.9. The van der Waals surface area contributed by atoms with E-state index in [1.807, 2.05) is 0 Å². The Bertz CT molecular complexity index is 1060. The fourth-order valence-electron chi connectivity index (χ4n) is 5.77. The van der Waals surface area contributed by atoms with Crippen molar-refractivity contribution in [1.82, 2.24) is 20.3 Å². The van der Waals surface area contributed by atoms with Gasteiger partial charge in [-0.05, 0) is 48.3 Å². The summed E-state index contributed by atoms with van der Waals surface area (Å²) in [5.41, 5.74) is -0.829. The van der Waals surface area contributed by atoms with Gasteiger partial charge in [0.1, 0.15) is 18.1 Å². The van der Waals surface area contributed by atoms with Crippen molar-refractivity contribution in [2.75, 3.05) is 13.1 Å². The molecular weight excluding hydrogens is 470 g/mol. The number of likely N-dealkylation sites (tertiary alicyclic amines) is 1. The van der Waals surface area contributed by atoms with Crippen LogP contribution in [0, 0.1) is 39.9 Å². The predicted molar refractivity (Wildman–Crippen MR) is 128 cm³/mol. The van der Waals surface area contributed by atoms with Crippen molar-refractivity contribution in [2.24, 2.45) is 28.6 Å². The summed E-state index contributed by atoms with van der Waals surface area (Å²) in [6.45, 7) is 10.5. The fraction of sp³-hybridized carbons (Fsp3) is 0.833. The number of carbonyl (C=O) groups excluding carboxylic acids is 3. The zero-order valence-electron chi connectivity index (χ0n) is 21.1. The molecule has 6 atom stereocenters. The van der Waals surface area contributed by atoms with E-state index in [2.05, 4.69) is 35.3 Å². The number of hydrogen-bond donors (Lipinski definition) is 3. The van der Waals surface area contributed by atoms with Gasteiger partial charge in [-0.25, -0.2) is 13.1 Å². The summed E-state index contributed by atoms with van der Waals surface area (Å²) in [5, 5.41) is 14.7. The second-order valence-electron chi connectivity index (χ2n) is 12.3. The van der Waals surface area contributed by atoms with E-state index in [1.54, 1.807) is 20.8 Å². The molecule has 0 spiro atoms. The Balaban J connectivity index is 1.53. The Morgan fingerprint density at radius 2 is 1.91 bits per heavy atom. The highest BCUT2D eigenvalue weighted by Crippen LogP contribution is 2.65. The Hall–Kier alpha value is -2.19. The van der Waals surface area contributed by atoms with Crippen molar-refractivity contribution in [3.63, 3.8) is 0 Å². The molecule has 0 aromatic carbocycles. The van der Waals surface area contributed by atoms with Gasteiger partial charge in [-0.3, -0.25) is 14.4 Å². The zero-order valence-corrected chi connectivity index (χ0v) is 21.9. The summed E-state index contributed by atoms with van der Waals surface area (Å²) in [7, 11) is -3.63. The summed E-state index contributed by atoms with van der Waals surface area (Å²) in [5.74, 6) is -1.21. The third-order valence-electron chi connectivity index (χ3n) is 8.27. The molecule has 2 saturated carbocycles. The van der Waals surface area contributed by atoms with Gasteiger partial charge in [0.15, 0.2) is 0 Å². The standard InChI is InChI=1S/C24H37N5O5S/c1-23(2,3)19(28-35(33,34)15-6-7-15)22(32)29-12-16-17(24(16,4)5)18(29)21(31)27-14(11-25)10-13-8-9-26-20(13)30/h13-19,28H,6-10,12H2,1-5H3,(H,26,30)(H,27,31)/t13-,14-,16-,17-,18-,19+/m0/s1. The topological polar surface area (TPSA) is 148 Å². The fourth-order valence-corrected chi connectivity index (χ4v) is 7.50. The molecule has 3 amide bonds. The maximum Gasteiger partial charge on any atom is 0.244 e. The van der Waals surface area contributed by atoms with Crippen molar-refractivity contribution in [3.05, 3.63) is 0 Å². The molecular formula is C24H37N5O5S. The van der Waals surface area contributed by atoms with Crippen molar-refractivity contribution in [3.8, 4) is 6.07 Å². The van der Waals surface area contributed by atoms with Crippen LogP contribution in [-0.4, -0.2) is 67.5 Å². The number of sulfonamides is 1. The van der Waals surface area contributed by atoms with Crippen LogP contribution >= 0.6 is 0 Å². The SMILES string of the molecule is CC(C)(C)[C@H](NS(=O)(=O)C1CC1)C(=O)N1C[C@H]2[C@@H]([C@H]1C(=O)N[C@H](C#N)C[C@@H]1CCNC1=O)C2(C)C. The van der Waals surface area contributed by atoms with E-state index in [0.717, 1.165) is 0 Å². The van der Waals surface area contributed by atoms with Crippen LogP contribution in [0.1, 0.15) is 60.3 Å². The second kappa shape index (κ2) is 8.73. The van der Waals surface area contributed by atoms with Gasteiger partial charge in [0.05, 0.1) is 11.3 Å². The lowest BCUT2D eigenvalue weighted by atomic mass is 9.86. The van der Waals surface area contributed by atoms with Crippen molar-refractivity contribution in [2.45, 2.75) is 83.7 Å². The smallest absolute Gasteiger partial charge is 0.244 e. The Morgan fingerprint density at radius 3 is 2.43 bits per heavy atom. The van der Waals surface area contributed by atoms with E-state index < -0.39 is 50.6 Å². The normalized spacial score (nSPS) is 31.2. The highest BCUT2D eigenvalue weighted by molar-refractivity contribution is 7.90. The number of fused-ring (bicyclic) bond motifs is 1. The number of hydrogen-bond acceptors (Lipinski definition) is 6. The molecule has 2 aliphatic heterocycles. The van der Waals surface area contributed by atoms with Gasteiger partial charge < -0.3 is 15.5 Å². The Kier molecular flexibility index (Phi) is 6.46. The van der Waals surface area contributed by atoms with Gasteiger partial charge in [0.2, 0.25) is 27.7 Å². The first-order valence-corrected chi connectivity index (χ1v) is 14.0. The molecule has 0 bridgehead atoms. The first-order chi connectivity index (χ1) is 16.2. The van der Waals surface area contributed by atoms with E-state index in [-0.39, 0.29) is 35.5 Å². The lowest BCUT2D eigenvalue weighted by Crippen LogP contribution is -2.60. The summed E-state index contributed by atoms with van der Waals surface area (Å²) in [6.07, 6.45) is 2.01. The largest absolute Gasteiger partial charge is 0.356 e. The quantitative estimate of drug-likeness (QED) is 0.436. The predicted octanol–water partition coefficient (Wildman–Crippen LogP) is 0.500. The van der Waals surface area contributed by atoms with Crippen LogP contribution in [0.25, 0.3) is 0 Å². The monoisotopic (exact) mass is 507 g/mol. The minimum atomic E-state index is -3.63. The average molecular weight is 508 g/mol. The van der Waals surface area contributed by atoms with E-state index >= 15 is 0 Å². The molecule has 2 heterocycles. The maximum atomic E-state index is 13.8. The maximum absolute atomic E-state index is 13.8. The number of nitrogens with one attached hydrogen (secondary N) is 3. The van der Waals surface area contributed by atoms with Crippen LogP contribution in [0.2, 0.25) is 0 Å². The van der Waals surface area contributed by atoms with E-state index in [0.29, 0.717) is 32.4 Å². The van der Waals surface area contributed by atoms with Crippen LogP contribution in [-0.2, 0) is 24.4 Å². The Morgan fingerprint density at radius 1 is 1.26 bits per heavy atom. The average Bonchev–Trinajstić information content (AvgIpc) is 3.58. The number of nitriles is 1. The molecule has 2 saturated heterocycles. The van der Waals surface area contributed by atoms with Gasteiger partial charge in [0.25, 0.3) is 0 Å². The summed E-state index contributed by atoms with van der Waals surface area (Å²) in [4.78, 5) is 40.7. The van der Waals surface area contributed by atoms with Crippen LogP contribution in [0.4, 0.5) is 0 Å². The molecule has 0 aromatic heterocycles. The molecule has 10 nitrogen and oxygen atoms in total. The van der Waals surface area contributed by atoms with Crippen molar-refractivity contribution in [1.29, 1.82) is 5.26 Å². The minimum absolute atomic E-state index is 0.0683. The molecule has 4 rings (SSSR count). The number of nitrogens with zero attached hydrogens (tertiary/aromatic N) is 2. The number of amides is 3. The van der Waals surface area contributed by atoms with Gasteiger partial charge in [-0.15, -0.1) is 0 Å². The van der Waals surface area contributed by atoms with Gasteiger partial charge in [-0.2, -0.15) is 5.26 Å². The Labute approximate surface area is 207 Å². The summed E-state index contributed by atoms with van der Waals surface area (Å²) < 4.78 is 28.1. The molecule has 194 valence electrons. The molecule has 11 heteroatoms. The number of carbonyl (C=O) groups is 3. The molecule has 0 unspecified atom stereocenters. The lowest BCUT2D eigenvalue weighted by Gasteiger charge is -2.37. The zero-order chi connectivity index (χ0) is 25.9. The molecule has 4 fully saturated rings. The molecule has 3 N–H and O–H groups in total. The van der Waals surface area contributed by atoms with Crippen LogP contribution in [0.15, 0.2) is 0 Å². The van der Waals surface area contributed by atoms with Crippen LogP contribution in [0.5, 0.6) is 0 Å². The third kappa shape index (κ3) is 4.92. The molecule has 0 radical (unpaired) electrons. The number of rotatable bonds is 8. The lowest BCUT2D eigenvalue weighted by molar-refractivity contribution is -0.143. The molecule has 35 heavy (non-hydrogen) atoms. The van der Waals surface area contributed by atoms with E-state index in [9.17, 15) is 28.1 Å². The van der Waals surface area contributed by atoms with Gasteiger partial charge in [0, 0.05) is 19.0 Å². The minimum Gasteiger partial charge on any atom is -0.356 e. The van der Waals surface area contributed by atoms with Crippen molar-refractivity contribution < 1.29 is 22.8 Å². The highest BCUT2D eigenvalue weighted by Gasteiger charge is 2.70. The first-order valence-electron chi connectivity index (χ1n) is 12.5. The highest BCUT2D eigenvalue weighted by atomic mass is 32.2. The van der Waals surface area contributed by atoms with Crippen LogP contribution < -0.4 is 15.4 Å². The van der Waals surface area contributed by atoms with Crippen LogP contribution in [0.3, 0.4) is 0 Å². The molecule has 0 aromatic rings. The second-order valence-corrected chi connectivity index (χ2v) is 14.2. The number of piperidine rings is 1. The van der Waals surface area contributed by atoms with E-state index in [1.165, 1.54) is 4.90 Å². The van der Waals surface area contributed by atoms with Gasteiger partial charge in [-0.1, -0.05) is 34.6 Å². The summed E-state index contributed by atoms with van der Waals surface area (Å²) in [6, 6.07) is -0.547. The molecule has 4 aliphatic rings.